The topological polar surface area (TPSA) is 68.8 Å². The van der Waals surface area contributed by atoms with Crippen LogP contribution >= 0.6 is 24.0 Å². The summed E-state index contributed by atoms with van der Waals surface area (Å²) >= 11 is 0. The van der Waals surface area contributed by atoms with Crippen molar-refractivity contribution in [2.24, 2.45) is 4.99 Å². The molecule has 0 atom stereocenters. The smallest absolute Gasteiger partial charge is 0.251 e. The molecule has 7 heteroatoms. The van der Waals surface area contributed by atoms with Crippen LogP contribution in [0, 0.1) is 0 Å². The highest BCUT2D eigenvalue weighted by atomic mass is 127. The summed E-state index contributed by atoms with van der Waals surface area (Å²) in [5.41, 5.74) is 4.35. The lowest BCUT2D eigenvalue weighted by molar-refractivity contribution is 0.0963. The maximum absolute atomic E-state index is 11.8. The van der Waals surface area contributed by atoms with Gasteiger partial charge in [-0.1, -0.05) is 36.4 Å². The molecule has 32 heavy (non-hydrogen) atoms. The Balaban J connectivity index is 0.00000512. The molecular weight excluding hydrogens is 513 g/mol. The van der Waals surface area contributed by atoms with Gasteiger partial charge in [0.1, 0.15) is 0 Å². The summed E-state index contributed by atoms with van der Waals surface area (Å²) in [6.45, 7) is 9.56. The average Bonchev–Trinajstić information content (AvgIpc) is 2.77. The van der Waals surface area contributed by atoms with Gasteiger partial charge in [0.25, 0.3) is 5.91 Å². The standard InChI is InChI=1S/C25H37N5O.HI/c1-6-27-25(28-15-14-20-10-9-13-21(16-20)24(31)26-4)29-17-22-11-7-8-12-23(22)18-30(5)19(2)3;/h7-13,16,19H,6,14-15,17-18H2,1-5H3,(H,26,31)(H2,27,28,29);1H. The molecule has 2 rings (SSSR count). The minimum absolute atomic E-state index is 0. The highest BCUT2D eigenvalue weighted by molar-refractivity contribution is 14.0. The van der Waals surface area contributed by atoms with Gasteiger partial charge in [-0.2, -0.15) is 0 Å². The Labute approximate surface area is 210 Å². The molecule has 0 aliphatic rings. The summed E-state index contributed by atoms with van der Waals surface area (Å²) in [6.07, 6.45) is 0.811. The lowest BCUT2D eigenvalue weighted by Crippen LogP contribution is -2.38. The molecule has 0 fully saturated rings. The summed E-state index contributed by atoms with van der Waals surface area (Å²) in [7, 11) is 3.80. The summed E-state index contributed by atoms with van der Waals surface area (Å²) < 4.78 is 0. The Hall–Kier alpha value is -2.13. The molecule has 0 aromatic heterocycles. The monoisotopic (exact) mass is 551 g/mol. The van der Waals surface area contributed by atoms with Crippen LogP contribution in [0.15, 0.2) is 53.5 Å². The zero-order valence-corrected chi connectivity index (χ0v) is 22.3. The number of halogens is 1. The van der Waals surface area contributed by atoms with E-state index in [9.17, 15) is 4.79 Å². The fourth-order valence-corrected chi connectivity index (χ4v) is 3.16. The van der Waals surface area contributed by atoms with E-state index >= 15 is 0 Å². The van der Waals surface area contributed by atoms with Crippen LogP contribution in [0.3, 0.4) is 0 Å². The molecule has 0 unspecified atom stereocenters. The number of aliphatic imine (C=N–C) groups is 1. The normalized spacial score (nSPS) is 11.3. The van der Waals surface area contributed by atoms with Crippen LogP contribution in [-0.4, -0.2) is 50.0 Å². The number of rotatable bonds is 10. The van der Waals surface area contributed by atoms with Gasteiger partial charge in [0.05, 0.1) is 6.54 Å². The first-order valence-corrected chi connectivity index (χ1v) is 11.0. The van der Waals surface area contributed by atoms with Crippen LogP contribution in [-0.2, 0) is 19.5 Å². The number of hydrogen-bond donors (Lipinski definition) is 3. The number of amides is 1. The molecule has 0 aliphatic carbocycles. The van der Waals surface area contributed by atoms with E-state index in [-0.39, 0.29) is 29.9 Å². The highest BCUT2D eigenvalue weighted by Crippen LogP contribution is 2.13. The van der Waals surface area contributed by atoms with Gasteiger partial charge in [0, 0.05) is 38.3 Å². The molecule has 2 aromatic rings. The zero-order chi connectivity index (χ0) is 22.6. The zero-order valence-electron chi connectivity index (χ0n) is 19.9. The molecule has 0 spiro atoms. The molecule has 0 saturated carbocycles. The van der Waals surface area contributed by atoms with Gasteiger partial charge in [-0.15, -0.1) is 24.0 Å². The van der Waals surface area contributed by atoms with Crippen LogP contribution in [0.25, 0.3) is 0 Å². The van der Waals surface area contributed by atoms with Gasteiger partial charge in [-0.3, -0.25) is 9.69 Å². The Kier molecular flexibility index (Phi) is 12.9. The van der Waals surface area contributed by atoms with Crippen molar-refractivity contribution >= 4 is 35.8 Å². The first-order valence-electron chi connectivity index (χ1n) is 11.0. The first kappa shape index (κ1) is 27.9. The Morgan fingerprint density at radius 3 is 2.44 bits per heavy atom. The first-order chi connectivity index (χ1) is 14.9. The second-order valence-corrected chi connectivity index (χ2v) is 7.93. The predicted molar refractivity (Wildman–Crippen MR) is 145 cm³/mol. The van der Waals surface area contributed by atoms with E-state index in [1.807, 2.05) is 24.3 Å². The van der Waals surface area contributed by atoms with Gasteiger partial charge in [0.2, 0.25) is 0 Å². The van der Waals surface area contributed by atoms with Gasteiger partial charge in [0.15, 0.2) is 5.96 Å². The maximum atomic E-state index is 11.8. The van der Waals surface area contributed by atoms with E-state index in [1.54, 1.807) is 7.05 Å². The predicted octanol–water partition coefficient (Wildman–Crippen LogP) is 3.80. The summed E-state index contributed by atoms with van der Waals surface area (Å²) in [5, 5.41) is 9.40. The van der Waals surface area contributed by atoms with Crippen molar-refractivity contribution in [1.29, 1.82) is 0 Å². The Morgan fingerprint density at radius 2 is 1.78 bits per heavy atom. The SMILES string of the molecule is CCNC(=NCc1ccccc1CN(C)C(C)C)NCCc1cccc(C(=O)NC)c1.I. The minimum atomic E-state index is -0.0634. The second kappa shape index (κ2) is 14.8. The van der Waals surface area contributed by atoms with Crippen LogP contribution in [0.4, 0.5) is 0 Å². The fourth-order valence-electron chi connectivity index (χ4n) is 3.16. The molecule has 6 nitrogen and oxygen atoms in total. The third-order valence-electron chi connectivity index (χ3n) is 5.29. The number of carbonyl (C=O) groups is 1. The molecular formula is C25H38IN5O. The fraction of sp³-hybridized carbons (Fsp3) is 0.440. The van der Waals surface area contributed by atoms with E-state index in [0.717, 1.165) is 37.6 Å². The number of nitrogens with one attached hydrogen (secondary N) is 3. The van der Waals surface area contributed by atoms with Crippen LogP contribution in [0.1, 0.15) is 47.8 Å². The molecule has 2 aromatic carbocycles. The number of benzene rings is 2. The number of guanidine groups is 1. The van der Waals surface area contributed by atoms with Crippen molar-refractivity contribution < 1.29 is 4.79 Å². The lowest BCUT2D eigenvalue weighted by Gasteiger charge is -2.22. The molecule has 176 valence electrons. The Bertz CT molecular complexity index is 869. The third kappa shape index (κ3) is 9.16. The van der Waals surface area contributed by atoms with Gasteiger partial charge in [-0.05, 0) is 63.1 Å². The largest absolute Gasteiger partial charge is 0.357 e. The average molecular weight is 552 g/mol. The van der Waals surface area contributed by atoms with Crippen LogP contribution in [0.2, 0.25) is 0 Å². The molecule has 0 heterocycles. The van der Waals surface area contributed by atoms with E-state index in [2.05, 4.69) is 72.9 Å². The molecule has 3 N–H and O–H groups in total. The van der Waals surface area contributed by atoms with E-state index in [4.69, 9.17) is 4.99 Å². The van der Waals surface area contributed by atoms with E-state index < -0.39 is 0 Å². The van der Waals surface area contributed by atoms with Crippen LogP contribution < -0.4 is 16.0 Å². The molecule has 0 aliphatic heterocycles. The summed E-state index contributed by atoms with van der Waals surface area (Å²) in [6, 6.07) is 16.7. The van der Waals surface area contributed by atoms with Crippen molar-refractivity contribution in [3.8, 4) is 0 Å². The molecule has 0 saturated heterocycles. The van der Waals surface area contributed by atoms with Crippen molar-refractivity contribution in [3.05, 3.63) is 70.8 Å². The third-order valence-corrected chi connectivity index (χ3v) is 5.29. The van der Waals surface area contributed by atoms with Crippen molar-refractivity contribution in [2.45, 2.75) is 46.3 Å². The van der Waals surface area contributed by atoms with Crippen molar-refractivity contribution in [2.75, 3.05) is 27.2 Å². The molecule has 0 bridgehead atoms. The van der Waals surface area contributed by atoms with Crippen molar-refractivity contribution in [1.82, 2.24) is 20.9 Å². The van der Waals surface area contributed by atoms with Crippen molar-refractivity contribution in [3.63, 3.8) is 0 Å². The molecule has 1 amide bonds. The number of hydrogen-bond acceptors (Lipinski definition) is 3. The minimum Gasteiger partial charge on any atom is -0.357 e. The van der Waals surface area contributed by atoms with Gasteiger partial charge in [-0.25, -0.2) is 4.99 Å². The lowest BCUT2D eigenvalue weighted by atomic mass is 10.1. The second-order valence-electron chi connectivity index (χ2n) is 7.93. The van der Waals surface area contributed by atoms with E-state index in [0.29, 0.717) is 18.2 Å². The number of carbonyl (C=O) groups excluding carboxylic acids is 1. The van der Waals surface area contributed by atoms with E-state index in [1.165, 1.54) is 11.1 Å². The molecule has 0 radical (unpaired) electrons. The number of nitrogens with zero attached hydrogens (tertiary/aromatic N) is 2. The van der Waals surface area contributed by atoms with Gasteiger partial charge >= 0.3 is 0 Å². The highest BCUT2D eigenvalue weighted by Gasteiger charge is 2.08. The maximum Gasteiger partial charge on any atom is 0.251 e. The summed E-state index contributed by atoms with van der Waals surface area (Å²) in [4.78, 5) is 19.0. The van der Waals surface area contributed by atoms with Gasteiger partial charge < -0.3 is 16.0 Å². The Morgan fingerprint density at radius 1 is 1.06 bits per heavy atom. The van der Waals surface area contributed by atoms with Crippen LogP contribution in [0.5, 0.6) is 0 Å². The summed E-state index contributed by atoms with van der Waals surface area (Å²) in [5.74, 6) is 0.739. The quantitative estimate of drug-likeness (QED) is 0.239.